The molecule has 3 heteroatoms. The van der Waals surface area contributed by atoms with Crippen LogP contribution in [0.3, 0.4) is 0 Å². The van der Waals surface area contributed by atoms with Crippen LogP contribution in [0.1, 0.15) is 50.0 Å². The summed E-state index contributed by atoms with van der Waals surface area (Å²) in [6, 6.07) is 8.42. The molecule has 0 radical (unpaired) electrons. The minimum atomic E-state index is 0.518. The van der Waals surface area contributed by atoms with Crippen LogP contribution in [0.4, 0.5) is 0 Å². The third-order valence-corrected chi connectivity index (χ3v) is 4.66. The first-order valence-corrected chi connectivity index (χ1v) is 8.47. The normalized spacial score (nSPS) is 22.6. The highest BCUT2D eigenvalue weighted by Gasteiger charge is 2.20. The summed E-state index contributed by atoms with van der Waals surface area (Å²) in [4.78, 5) is 0. The van der Waals surface area contributed by atoms with Crippen molar-refractivity contribution < 1.29 is 9.47 Å². The smallest absolute Gasteiger partial charge is 0.122 e. The summed E-state index contributed by atoms with van der Waals surface area (Å²) in [6.07, 6.45) is 8.22. The van der Waals surface area contributed by atoms with Crippen molar-refractivity contribution in [2.45, 2.75) is 50.5 Å². The molecule has 0 amide bonds. The number of fused-ring (bicyclic) bond motifs is 1. The van der Waals surface area contributed by atoms with Crippen LogP contribution < -0.4 is 10.1 Å². The maximum Gasteiger partial charge on any atom is 0.122 e. The largest absolute Gasteiger partial charge is 0.493 e. The SMILES string of the molecule is c1ccc2c(c1)OCCC2CNCCOC1CCCCC1. The molecule has 0 aromatic heterocycles. The van der Waals surface area contributed by atoms with Gasteiger partial charge in [0.2, 0.25) is 0 Å². The summed E-state index contributed by atoms with van der Waals surface area (Å²) in [7, 11) is 0. The Balaban J connectivity index is 1.36. The average molecular weight is 289 g/mol. The zero-order valence-corrected chi connectivity index (χ0v) is 12.9. The Morgan fingerprint density at radius 1 is 1.10 bits per heavy atom. The lowest BCUT2D eigenvalue weighted by Crippen LogP contribution is -2.29. The number of hydrogen-bond acceptors (Lipinski definition) is 3. The van der Waals surface area contributed by atoms with E-state index in [0.29, 0.717) is 12.0 Å². The maximum atomic E-state index is 5.95. The molecule has 1 aliphatic carbocycles. The Morgan fingerprint density at radius 3 is 2.86 bits per heavy atom. The van der Waals surface area contributed by atoms with Gasteiger partial charge in [-0.2, -0.15) is 0 Å². The first kappa shape index (κ1) is 14.9. The number of hydrogen-bond donors (Lipinski definition) is 1. The van der Waals surface area contributed by atoms with Crippen LogP contribution in [0.2, 0.25) is 0 Å². The van der Waals surface area contributed by atoms with E-state index in [1.54, 1.807) is 0 Å². The van der Waals surface area contributed by atoms with Crippen LogP contribution in [-0.4, -0.2) is 32.4 Å². The van der Waals surface area contributed by atoms with Crippen LogP contribution in [-0.2, 0) is 4.74 Å². The van der Waals surface area contributed by atoms with E-state index in [2.05, 4.69) is 23.5 Å². The highest BCUT2D eigenvalue weighted by molar-refractivity contribution is 5.37. The van der Waals surface area contributed by atoms with Gasteiger partial charge in [0.25, 0.3) is 0 Å². The predicted molar refractivity (Wildman–Crippen MR) is 85.0 cm³/mol. The molecule has 1 saturated carbocycles. The fraction of sp³-hybridized carbons (Fsp3) is 0.667. The van der Waals surface area contributed by atoms with Crippen LogP contribution in [0.25, 0.3) is 0 Å². The number of rotatable bonds is 6. The third kappa shape index (κ3) is 4.21. The molecule has 1 atom stereocenters. The number of nitrogens with one attached hydrogen (secondary N) is 1. The molecule has 21 heavy (non-hydrogen) atoms. The van der Waals surface area contributed by atoms with Crippen molar-refractivity contribution in [1.29, 1.82) is 0 Å². The zero-order chi connectivity index (χ0) is 14.3. The summed E-state index contributed by atoms with van der Waals surface area (Å²) in [6.45, 7) is 3.65. The fourth-order valence-electron chi connectivity index (χ4n) is 3.43. The molecule has 116 valence electrons. The average Bonchev–Trinajstić information content (AvgIpc) is 2.56. The number of para-hydroxylation sites is 1. The molecule has 1 fully saturated rings. The second-order valence-electron chi connectivity index (χ2n) is 6.21. The lowest BCUT2D eigenvalue weighted by Gasteiger charge is -2.26. The minimum Gasteiger partial charge on any atom is -0.493 e. The van der Waals surface area contributed by atoms with Gasteiger partial charge in [-0.1, -0.05) is 37.5 Å². The minimum absolute atomic E-state index is 0.518. The molecule has 1 aromatic rings. The molecule has 0 bridgehead atoms. The van der Waals surface area contributed by atoms with E-state index in [0.717, 1.165) is 38.5 Å². The highest BCUT2D eigenvalue weighted by Crippen LogP contribution is 2.32. The van der Waals surface area contributed by atoms with Gasteiger partial charge < -0.3 is 14.8 Å². The van der Waals surface area contributed by atoms with Crippen LogP contribution in [0, 0.1) is 0 Å². The standard InChI is InChI=1S/C18H27NO2/c1-2-6-16(7-3-1)20-13-11-19-14-15-10-12-21-18-9-5-4-8-17(15)18/h4-5,8-9,15-16,19H,1-3,6-7,10-14H2. The lowest BCUT2D eigenvalue weighted by molar-refractivity contribution is 0.0302. The van der Waals surface area contributed by atoms with Crippen LogP contribution >= 0.6 is 0 Å². The fourth-order valence-corrected chi connectivity index (χ4v) is 3.43. The molecule has 0 saturated heterocycles. The van der Waals surface area contributed by atoms with E-state index >= 15 is 0 Å². The molecule has 2 aliphatic rings. The molecule has 1 aromatic carbocycles. The van der Waals surface area contributed by atoms with Crippen LogP contribution in [0.15, 0.2) is 24.3 Å². The Labute approximate surface area is 128 Å². The molecule has 1 heterocycles. The van der Waals surface area contributed by atoms with Crippen LogP contribution in [0.5, 0.6) is 5.75 Å². The molecule has 0 spiro atoms. The van der Waals surface area contributed by atoms with E-state index in [1.807, 2.05) is 6.07 Å². The zero-order valence-electron chi connectivity index (χ0n) is 12.9. The molecule has 3 nitrogen and oxygen atoms in total. The van der Waals surface area contributed by atoms with Crippen molar-refractivity contribution in [3.05, 3.63) is 29.8 Å². The van der Waals surface area contributed by atoms with Gasteiger partial charge in [-0.3, -0.25) is 0 Å². The third-order valence-electron chi connectivity index (χ3n) is 4.66. The van der Waals surface area contributed by atoms with E-state index in [1.165, 1.54) is 37.7 Å². The molecule has 1 aliphatic heterocycles. The van der Waals surface area contributed by atoms with Gasteiger partial charge >= 0.3 is 0 Å². The maximum absolute atomic E-state index is 5.95. The first-order chi connectivity index (χ1) is 10.4. The van der Waals surface area contributed by atoms with Crippen molar-refractivity contribution in [2.24, 2.45) is 0 Å². The van der Waals surface area contributed by atoms with Gasteiger partial charge in [0.05, 0.1) is 19.3 Å². The monoisotopic (exact) mass is 289 g/mol. The molecular weight excluding hydrogens is 262 g/mol. The summed E-state index contributed by atoms with van der Waals surface area (Å²) in [5, 5.41) is 3.56. The summed E-state index contributed by atoms with van der Waals surface area (Å²) < 4.78 is 11.7. The number of ether oxygens (including phenoxy) is 2. The molecule has 3 rings (SSSR count). The van der Waals surface area contributed by atoms with E-state index in [-0.39, 0.29) is 0 Å². The van der Waals surface area contributed by atoms with Crippen molar-refractivity contribution in [2.75, 3.05) is 26.3 Å². The van der Waals surface area contributed by atoms with Crippen molar-refractivity contribution in [3.8, 4) is 5.75 Å². The number of benzene rings is 1. The summed E-state index contributed by atoms with van der Waals surface area (Å²) >= 11 is 0. The second kappa shape index (κ2) is 7.81. The van der Waals surface area contributed by atoms with E-state index in [4.69, 9.17) is 9.47 Å². The van der Waals surface area contributed by atoms with Gasteiger partial charge in [-0.15, -0.1) is 0 Å². The van der Waals surface area contributed by atoms with Crippen molar-refractivity contribution in [1.82, 2.24) is 5.32 Å². The summed E-state index contributed by atoms with van der Waals surface area (Å²) in [5.41, 5.74) is 1.35. The Morgan fingerprint density at radius 2 is 1.95 bits per heavy atom. The Hall–Kier alpha value is -1.06. The molecule has 1 unspecified atom stereocenters. The van der Waals surface area contributed by atoms with Gasteiger partial charge in [0, 0.05) is 19.0 Å². The van der Waals surface area contributed by atoms with Gasteiger partial charge in [0.1, 0.15) is 5.75 Å². The lowest BCUT2D eigenvalue weighted by atomic mass is 9.93. The summed E-state index contributed by atoms with van der Waals surface area (Å²) in [5.74, 6) is 1.64. The molecular formula is C18H27NO2. The molecule has 1 N–H and O–H groups in total. The predicted octanol–water partition coefficient (Wildman–Crippen LogP) is 3.49. The second-order valence-corrected chi connectivity index (χ2v) is 6.21. The van der Waals surface area contributed by atoms with Crippen molar-refractivity contribution in [3.63, 3.8) is 0 Å². The Kier molecular flexibility index (Phi) is 5.53. The van der Waals surface area contributed by atoms with Gasteiger partial charge in [-0.25, -0.2) is 0 Å². The quantitative estimate of drug-likeness (QED) is 0.813. The van der Waals surface area contributed by atoms with Gasteiger partial charge in [0.15, 0.2) is 0 Å². The van der Waals surface area contributed by atoms with Crippen molar-refractivity contribution >= 4 is 0 Å². The topological polar surface area (TPSA) is 30.5 Å². The Bertz CT molecular complexity index is 429. The van der Waals surface area contributed by atoms with E-state index < -0.39 is 0 Å². The van der Waals surface area contributed by atoms with Gasteiger partial charge in [-0.05, 0) is 30.9 Å². The van der Waals surface area contributed by atoms with E-state index in [9.17, 15) is 0 Å². The highest BCUT2D eigenvalue weighted by atomic mass is 16.5. The first-order valence-electron chi connectivity index (χ1n) is 8.47.